The molecule has 0 radical (unpaired) electrons. The third-order valence-electron chi connectivity index (χ3n) is 16.1. The molecule has 0 bridgehead atoms. The van der Waals surface area contributed by atoms with Crippen LogP contribution in [0.5, 0.6) is 0 Å². The molecule has 2 atom stereocenters. The number of aliphatic hydroxyl groups is 2. The fourth-order valence-corrected chi connectivity index (χ4v) is 10.7. The summed E-state index contributed by atoms with van der Waals surface area (Å²) in [6, 6.07) is -0.643. The highest BCUT2D eigenvalue weighted by Crippen LogP contribution is 2.18. The van der Waals surface area contributed by atoms with Gasteiger partial charge in [-0.05, 0) is 83.5 Å². The molecule has 1 amide bonds. The summed E-state index contributed by atoms with van der Waals surface area (Å²) < 4.78 is 0. The molecular formula is C76H137NO3. The minimum Gasteiger partial charge on any atom is -0.394 e. The lowest BCUT2D eigenvalue weighted by molar-refractivity contribution is -0.123. The van der Waals surface area contributed by atoms with E-state index in [1.807, 2.05) is 6.08 Å². The van der Waals surface area contributed by atoms with E-state index in [0.717, 1.165) is 70.6 Å². The fourth-order valence-electron chi connectivity index (χ4n) is 10.7. The molecule has 464 valence electrons. The lowest BCUT2D eigenvalue weighted by Crippen LogP contribution is -2.45. The Balaban J connectivity index is 3.47. The van der Waals surface area contributed by atoms with Gasteiger partial charge in [-0.2, -0.15) is 0 Å². The Labute approximate surface area is 500 Å². The molecule has 0 aromatic heterocycles. The number of amides is 1. The highest BCUT2D eigenvalue weighted by molar-refractivity contribution is 5.76. The quantitative estimate of drug-likeness (QED) is 0.0420. The molecule has 3 N–H and O–H groups in total. The Bertz CT molecular complexity index is 1450. The van der Waals surface area contributed by atoms with E-state index >= 15 is 0 Å². The van der Waals surface area contributed by atoms with Gasteiger partial charge in [0.1, 0.15) is 0 Å². The predicted octanol–water partition coefficient (Wildman–Crippen LogP) is 24.4. The Kier molecular flexibility index (Phi) is 68.2. The highest BCUT2D eigenvalue weighted by atomic mass is 16.3. The number of hydrogen-bond acceptors (Lipinski definition) is 3. The van der Waals surface area contributed by atoms with Crippen LogP contribution < -0.4 is 5.32 Å². The van der Waals surface area contributed by atoms with Gasteiger partial charge < -0.3 is 15.5 Å². The molecule has 0 aromatic carbocycles. The average Bonchev–Trinajstić information content (AvgIpc) is 3.46. The van der Waals surface area contributed by atoms with Crippen LogP contribution in [0, 0.1) is 0 Å². The SMILES string of the molecule is CC/C=C\C/C=C\C/C=C\C/C=C\C/C=C\C/C=C\CCCCCCCCCCCCCCCCCCCCCCCCC(=O)NC(CO)C(O)/C=C/CC/C=C/CCCCCCCCCCCCCCCCCCCCCCC. The zero-order valence-electron chi connectivity index (χ0n) is 53.6. The first-order valence-corrected chi connectivity index (χ1v) is 35.5. The van der Waals surface area contributed by atoms with Crippen molar-refractivity contribution in [3.8, 4) is 0 Å². The maximum atomic E-state index is 12.5. The van der Waals surface area contributed by atoms with Gasteiger partial charge >= 0.3 is 0 Å². The maximum Gasteiger partial charge on any atom is 0.220 e. The summed E-state index contributed by atoms with van der Waals surface area (Å²) in [5, 5.41) is 23.3. The van der Waals surface area contributed by atoms with Crippen LogP contribution in [0.3, 0.4) is 0 Å². The van der Waals surface area contributed by atoms with Crippen molar-refractivity contribution in [1.82, 2.24) is 5.32 Å². The Morgan fingerprint density at radius 2 is 0.562 bits per heavy atom. The highest BCUT2D eigenvalue weighted by Gasteiger charge is 2.18. The van der Waals surface area contributed by atoms with Crippen LogP contribution in [-0.2, 0) is 4.79 Å². The first kappa shape index (κ1) is 77.3. The minimum absolute atomic E-state index is 0.0691. The van der Waals surface area contributed by atoms with Crippen LogP contribution in [0.15, 0.2) is 97.2 Å². The Hall–Kier alpha value is -2.69. The van der Waals surface area contributed by atoms with Gasteiger partial charge in [-0.15, -0.1) is 0 Å². The number of nitrogens with one attached hydrogen (secondary N) is 1. The molecule has 0 aliphatic carbocycles. The number of unbranched alkanes of at least 4 members (excludes halogenated alkanes) is 44. The van der Waals surface area contributed by atoms with E-state index in [1.54, 1.807) is 6.08 Å². The van der Waals surface area contributed by atoms with Gasteiger partial charge in [-0.25, -0.2) is 0 Å². The molecule has 0 saturated heterocycles. The first-order chi connectivity index (χ1) is 39.7. The summed E-state index contributed by atoms with van der Waals surface area (Å²) in [6.07, 6.45) is 105. The van der Waals surface area contributed by atoms with Gasteiger partial charge in [0.25, 0.3) is 0 Å². The second-order valence-electron chi connectivity index (χ2n) is 23.9. The second kappa shape index (κ2) is 70.6. The number of aliphatic hydroxyl groups excluding tert-OH is 2. The largest absolute Gasteiger partial charge is 0.394 e. The monoisotopic (exact) mass is 1110 g/mol. The van der Waals surface area contributed by atoms with Gasteiger partial charge in [0.15, 0.2) is 0 Å². The molecule has 4 heteroatoms. The lowest BCUT2D eigenvalue weighted by Gasteiger charge is -2.19. The molecule has 0 aliphatic rings. The Morgan fingerprint density at radius 1 is 0.312 bits per heavy atom. The molecule has 0 rings (SSSR count). The number of carbonyl (C=O) groups excluding carboxylic acids is 1. The lowest BCUT2D eigenvalue weighted by atomic mass is 10.0. The molecule has 4 nitrogen and oxygen atoms in total. The van der Waals surface area contributed by atoms with Crippen LogP contribution in [0.4, 0.5) is 0 Å². The van der Waals surface area contributed by atoms with Crippen molar-refractivity contribution in [2.75, 3.05) is 6.61 Å². The predicted molar refractivity (Wildman–Crippen MR) is 359 cm³/mol. The summed E-state index contributed by atoms with van der Waals surface area (Å²) >= 11 is 0. The topological polar surface area (TPSA) is 69.6 Å². The van der Waals surface area contributed by atoms with Crippen molar-refractivity contribution in [2.45, 2.75) is 373 Å². The summed E-state index contributed by atoms with van der Waals surface area (Å²) in [4.78, 5) is 12.5. The van der Waals surface area contributed by atoms with Gasteiger partial charge in [-0.3, -0.25) is 4.79 Å². The van der Waals surface area contributed by atoms with Crippen LogP contribution in [-0.4, -0.2) is 34.9 Å². The van der Waals surface area contributed by atoms with E-state index in [2.05, 4.69) is 104 Å². The molecule has 0 aliphatic heterocycles. The van der Waals surface area contributed by atoms with E-state index in [0.29, 0.717) is 6.42 Å². The molecule has 0 aromatic rings. The zero-order valence-corrected chi connectivity index (χ0v) is 53.6. The molecule has 0 saturated carbocycles. The van der Waals surface area contributed by atoms with Gasteiger partial charge in [0, 0.05) is 6.42 Å². The van der Waals surface area contributed by atoms with Crippen LogP contribution in [0.2, 0.25) is 0 Å². The van der Waals surface area contributed by atoms with E-state index in [4.69, 9.17) is 0 Å². The number of carbonyl (C=O) groups is 1. The molecule has 0 fully saturated rings. The van der Waals surface area contributed by atoms with Gasteiger partial charge in [0.05, 0.1) is 18.8 Å². The van der Waals surface area contributed by atoms with Crippen molar-refractivity contribution in [3.63, 3.8) is 0 Å². The van der Waals surface area contributed by atoms with E-state index in [1.165, 1.54) is 270 Å². The van der Waals surface area contributed by atoms with Crippen molar-refractivity contribution < 1.29 is 15.0 Å². The molecule has 80 heavy (non-hydrogen) atoms. The number of rotatable bonds is 65. The normalized spacial score (nSPS) is 13.3. The summed E-state index contributed by atoms with van der Waals surface area (Å²) in [5.74, 6) is -0.0691. The van der Waals surface area contributed by atoms with Crippen molar-refractivity contribution in [2.24, 2.45) is 0 Å². The number of allylic oxidation sites excluding steroid dienone is 15. The molecular weight excluding hydrogens is 975 g/mol. The molecule has 2 unspecified atom stereocenters. The zero-order chi connectivity index (χ0) is 57.6. The minimum atomic E-state index is -0.866. The van der Waals surface area contributed by atoms with Crippen molar-refractivity contribution in [3.05, 3.63) is 97.2 Å². The van der Waals surface area contributed by atoms with E-state index < -0.39 is 12.1 Å². The summed E-state index contributed by atoms with van der Waals surface area (Å²) in [5.41, 5.74) is 0. The third-order valence-corrected chi connectivity index (χ3v) is 16.1. The van der Waals surface area contributed by atoms with E-state index in [-0.39, 0.29) is 12.5 Å². The van der Waals surface area contributed by atoms with Gasteiger partial charge in [0.2, 0.25) is 5.91 Å². The smallest absolute Gasteiger partial charge is 0.220 e. The van der Waals surface area contributed by atoms with Crippen molar-refractivity contribution in [1.29, 1.82) is 0 Å². The fraction of sp³-hybridized carbons (Fsp3) is 0.776. The van der Waals surface area contributed by atoms with Crippen LogP contribution >= 0.6 is 0 Å². The maximum absolute atomic E-state index is 12.5. The molecule has 0 spiro atoms. The molecule has 0 heterocycles. The standard InChI is InChI=1S/C76H137NO3/c1-3-5-7-9-11-13-15-17-19-21-23-25-27-29-31-32-33-34-35-36-37-38-39-40-41-42-43-44-46-48-50-52-54-56-58-60-62-64-66-68-70-72-76(80)77-74(73-78)75(79)71-69-67-65-63-61-59-57-55-53-51-49-47-45-30-28-26-24-22-20-18-16-14-12-10-8-6-4-2/h5,7,11,13,17,19,23,25,29,31,33-34,61,63,69,71,74-75,78-79H,3-4,6,8-10,12,14-16,18,20-22,24,26-28,30,32,35-60,62,64-68,70,72-73H2,1-2H3,(H,77,80)/b7-5-,13-11-,19-17-,25-23-,31-29-,34-33-,63-61+,71-69+. The second-order valence-corrected chi connectivity index (χ2v) is 23.9. The van der Waals surface area contributed by atoms with Crippen molar-refractivity contribution >= 4 is 5.91 Å². The Morgan fingerprint density at radius 3 is 0.875 bits per heavy atom. The van der Waals surface area contributed by atoms with E-state index in [9.17, 15) is 15.0 Å². The third kappa shape index (κ3) is 66.1. The summed E-state index contributed by atoms with van der Waals surface area (Å²) in [7, 11) is 0. The van der Waals surface area contributed by atoms with Gasteiger partial charge in [-0.1, -0.05) is 368 Å². The first-order valence-electron chi connectivity index (χ1n) is 35.5. The average molecular weight is 1110 g/mol. The van der Waals surface area contributed by atoms with Crippen LogP contribution in [0.1, 0.15) is 361 Å². The van der Waals surface area contributed by atoms with Crippen LogP contribution in [0.25, 0.3) is 0 Å². The number of hydrogen-bond donors (Lipinski definition) is 3. The summed E-state index contributed by atoms with van der Waals surface area (Å²) in [6.45, 7) is 4.21.